The van der Waals surface area contributed by atoms with Crippen LogP contribution < -0.4 is 10.1 Å². The molecule has 0 unspecified atom stereocenters. The van der Waals surface area contributed by atoms with Gasteiger partial charge in [-0.25, -0.2) is 0 Å². The van der Waals surface area contributed by atoms with Gasteiger partial charge < -0.3 is 10.1 Å². The predicted octanol–water partition coefficient (Wildman–Crippen LogP) is 2.07. The second-order valence-electron chi connectivity index (χ2n) is 3.72. The number of carbonyl (C=O) groups is 1. The van der Waals surface area contributed by atoms with Crippen LogP contribution in [0.4, 0.5) is 0 Å². The normalized spacial score (nSPS) is 10.0. The van der Waals surface area contributed by atoms with Crippen molar-refractivity contribution in [3.63, 3.8) is 0 Å². The standard InChI is InChI=1S/C13H12ClN3O2/c1-19-12-3-2-9(14)6-11(12)13(18)17-8-10-7-15-4-5-16-10/h2-7H,8H2,1H3,(H,17,18). The summed E-state index contributed by atoms with van der Waals surface area (Å²) in [6.07, 6.45) is 4.74. The predicted molar refractivity (Wildman–Crippen MR) is 71.2 cm³/mol. The van der Waals surface area contributed by atoms with E-state index in [0.29, 0.717) is 28.6 Å². The van der Waals surface area contributed by atoms with Gasteiger partial charge in [0.1, 0.15) is 5.75 Å². The SMILES string of the molecule is COc1ccc(Cl)cc1C(=O)NCc1cnccn1. The Kier molecular flexibility index (Phi) is 4.30. The molecule has 19 heavy (non-hydrogen) atoms. The third-order valence-electron chi connectivity index (χ3n) is 2.45. The van der Waals surface area contributed by atoms with Gasteiger partial charge in [-0.3, -0.25) is 14.8 Å². The van der Waals surface area contributed by atoms with Crippen molar-refractivity contribution in [3.8, 4) is 5.75 Å². The molecule has 5 nitrogen and oxygen atoms in total. The number of hydrogen-bond donors (Lipinski definition) is 1. The van der Waals surface area contributed by atoms with Crippen LogP contribution in [-0.2, 0) is 6.54 Å². The second-order valence-corrected chi connectivity index (χ2v) is 4.16. The number of nitrogens with one attached hydrogen (secondary N) is 1. The third kappa shape index (κ3) is 3.42. The third-order valence-corrected chi connectivity index (χ3v) is 2.69. The van der Waals surface area contributed by atoms with Gasteiger partial charge in [-0.2, -0.15) is 0 Å². The summed E-state index contributed by atoms with van der Waals surface area (Å²) in [4.78, 5) is 20.0. The maximum Gasteiger partial charge on any atom is 0.255 e. The van der Waals surface area contributed by atoms with E-state index in [0.717, 1.165) is 0 Å². The van der Waals surface area contributed by atoms with E-state index in [-0.39, 0.29) is 5.91 Å². The van der Waals surface area contributed by atoms with Crippen molar-refractivity contribution in [2.75, 3.05) is 7.11 Å². The van der Waals surface area contributed by atoms with E-state index in [4.69, 9.17) is 16.3 Å². The average molecular weight is 278 g/mol. The molecule has 2 aromatic rings. The number of aromatic nitrogens is 2. The van der Waals surface area contributed by atoms with E-state index in [1.165, 1.54) is 7.11 Å². The van der Waals surface area contributed by atoms with Crippen LogP contribution in [0.1, 0.15) is 16.1 Å². The van der Waals surface area contributed by atoms with Crippen LogP contribution in [0.25, 0.3) is 0 Å². The van der Waals surface area contributed by atoms with Crippen molar-refractivity contribution in [2.45, 2.75) is 6.54 Å². The Balaban J connectivity index is 2.10. The number of carbonyl (C=O) groups excluding carboxylic acids is 1. The Bertz CT molecular complexity index is 575. The summed E-state index contributed by atoms with van der Waals surface area (Å²) in [5, 5.41) is 3.21. The Morgan fingerprint density at radius 3 is 2.95 bits per heavy atom. The number of nitrogens with zero attached hydrogens (tertiary/aromatic N) is 2. The van der Waals surface area contributed by atoms with Crippen LogP contribution in [0.3, 0.4) is 0 Å². The molecule has 0 bridgehead atoms. The van der Waals surface area contributed by atoms with Gasteiger partial charge in [0.25, 0.3) is 5.91 Å². The first-order valence-corrected chi connectivity index (χ1v) is 5.95. The van der Waals surface area contributed by atoms with Crippen molar-refractivity contribution >= 4 is 17.5 Å². The molecule has 0 aliphatic rings. The van der Waals surface area contributed by atoms with Crippen molar-refractivity contribution in [2.24, 2.45) is 0 Å². The van der Waals surface area contributed by atoms with E-state index in [1.54, 1.807) is 36.8 Å². The molecule has 1 heterocycles. The molecule has 1 aromatic carbocycles. The van der Waals surface area contributed by atoms with Gasteiger partial charge in [0, 0.05) is 17.4 Å². The quantitative estimate of drug-likeness (QED) is 0.929. The lowest BCUT2D eigenvalue weighted by atomic mass is 10.2. The Hall–Kier alpha value is -2.14. The van der Waals surface area contributed by atoms with Crippen molar-refractivity contribution in [1.29, 1.82) is 0 Å². The fraction of sp³-hybridized carbons (Fsp3) is 0.154. The average Bonchev–Trinajstić information content (AvgIpc) is 2.46. The molecule has 2 rings (SSSR count). The molecule has 0 saturated heterocycles. The van der Waals surface area contributed by atoms with E-state index >= 15 is 0 Å². The summed E-state index contributed by atoms with van der Waals surface area (Å²) in [5.74, 6) is 0.200. The maximum absolute atomic E-state index is 12.1. The summed E-state index contributed by atoms with van der Waals surface area (Å²) in [5.41, 5.74) is 1.07. The smallest absolute Gasteiger partial charge is 0.255 e. The van der Waals surface area contributed by atoms with Crippen molar-refractivity contribution < 1.29 is 9.53 Å². The maximum atomic E-state index is 12.1. The van der Waals surface area contributed by atoms with Crippen molar-refractivity contribution in [1.82, 2.24) is 15.3 Å². The number of rotatable bonds is 4. The summed E-state index contributed by atoms with van der Waals surface area (Å²) in [6, 6.07) is 4.88. The van der Waals surface area contributed by atoms with Crippen molar-refractivity contribution in [3.05, 3.63) is 53.1 Å². The molecule has 1 N–H and O–H groups in total. The van der Waals surface area contributed by atoms with Crippen LogP contribution >= 0.6 is 11.6 Å². The molecule has 0 aliphatic carbocycles. The zero-order valence-electron chi connectivity index (χ0n) is 10.3. The highest BCUT2D eigenvalue weighted by molar-refractivity contribution is 6.31. The lowest BCUT2D eigenvalue weighted by Gasteiger charge is -2.09. The van der Waals surface area contributed by atoms with Gasteiger partial charge in [-0.05, 0) is 18.2 Å². The van der Waals surface area contributed by atoms with Gasteiger partial charge in [0.05, 0.1) is 31.1 Å². The first-order chi connectivity index (χ1) is 9.20. The van der Waals surface area contributed by atoms with Gasteiger partial charge in [0.15, 0.2) is 0 Å². The molecule has 0 spiro atoms. The molecular formula is C13H12ClN3O2. The lowest BCUT2D eigenvalue weighted by Crippen LogP contribution is -2.23. The minimum atomic E-state index is -0.273. The first kappa shape index (κ1) is 13.3. The van der Waals surface area contributed by atoms with Gasteiger partial charge in [-0.1, -0.05) is 11.6 Å². The van der Waals surface area contributed by atoms with E-state index < -0.39 is 0 Å². The molecule has 0 atom stereocenters. The monoisotopic (exact) mass is 277 g/mol. The Morgan fingerprint density at radius 1 is 1.42 bits per heavy atom. The van der Waals surface area contributed by atoms with Gasteiger partial charge >= 0.3 is 0 Å². The topological polar surface area (TPSA) is 64.1 Å². The zero-order chi connectivity index (χ0) is 13.7. The molecule has 98 valence electrons. The number of halogens is 1. The number of amides is 1. The molecule has 0 radical (unpaired) electrons. The summed E-state index contributed by atoms with van der Waals surface area (Å²) >= 11 is 5.88. The lowest BCUT2D eigenvalue weighted by molar-refractivity contribution is 0.0947. The molecular weight excluding hydrogens is 266 g/mol. The van der Waals surface area contributed by atoms with Crippen LogP contribution in [0.5, 0.6) is 5.75 Å². The number of ether oxygens (including phenoxy) is 1. The fourth-order valence-electron chi connectivity index (χ4n) is 1.54. The molecule has 6 heteroatoms. The number of hydrogen-bond acceptors (Lipinski definition) is 4. The molecule has 0 saturated carbocycles. The number of benzene rings is 1. The number of methoxy groups -OCH3 is 1. The van der Waals surface area contributed by atoms with E-state index in [1.807, 2.05) is 0 Å². The van der Waals surface area contributed by atoms with Crippen LogP contribution in [0.15, 0.2) is 36.8 Å². The van der Waals surface area contributed by atoms with Crippen LogP contribution in [-0.4, -0.2) is 23.0 Å². The van der Waals surface area contributed by atoms with E-state index in [2.05, 4.69) is 15.3 Å². The highest BCUT2D eigenvalue weighted by atomic mass is 35.5. The summed E-state index contributed by atoms with van der Waals surface area (Å²) < 4.78 is 5.13. The molecule has 1 aromatic heterocycles. The van der Waals surface area contributed by atoms with E-state index in [9.17, 15) is 4.79 Å². The Morgan fingerprint density at radius 2 is 2.26 bits per heavy atom. The van der Waals surface area contributed by atoms with Gasteiger partial charge in [0.2, 0.25) is 0 Å². The van der Waals surface area contributed by atoms with Crippen LogP contribution in [0, 0.1) is 0 Å². The summed E-state index contributed by atoms with van der Waals surface area (Å²) in [7, 11) is 1.50. The van der Waals surface area contributed by atoms with Gasteiger partial charge in [-0.15, -0.1) is 0 Å². The largest absolute Gasteiger partial charge is 0.496 e. The van der Waals surface area contributed by atoms with Crippen LogP contribution in [0.2, 0.25) is 5.02 Å². The summed E-state index contributed by atoms with van der Waals surface area (Å²) in [6.45, 7) is 0.294. The second kappa shape index (κ2) is 6.15. The highest BCUT2D eigenvalue weighted by Crippen LogP contribution is 2.22. The minimum Gasteiger partial charge on any atom is -0.496 e. The fourth-order valence-corrected chi connectivity index (χ4v) is 1.72. The zero-order valence-corrected chi connectivity index (χ0v) is 11.0. The highest BCUT2D eigenvalue weighted by Gasteiger charge is 2.12. The molecule has 1 amide bonds. The molecule has 0 aliphatic heterocycles. The Labute approximate surface area is 115 Å². The minimum absolute atomic E-state index is 0.273. The first-order valence-electron chi connectivity index (χ1n) is 5.57. The molecule has 0 fully saturated rings.